The van der Waals surface area contributed by atoms with Crippen LogP contribution in [0.3, 0.4) is 0 Å². The van der Waals surface area contributed by atoms with E-state index in [4.69, 9.17) is 14.7 Å². The molecule has 0 aromatic carbocycles. The van der Waals surface area contributed by atoms with E-state index in [0.29, 0.717) is 41.5 Å². The van der Waals surface area contributed by atoms with E-state index in [-0.39, 0.29) is 13.1 Å². The lowest BCUT2D eigenvalue weighted by molar-refractivity contribution is 0.102. The maximum Gasteiger partial charge on any atom is 0.260 e. The van der Waals surface area contributed by atoms with Crippen molar-refractivity contribution >= 4 is 34.0 Å². The summed E-state index contributed by atoms with van der Waals surface area (Å²) in [7, 11) is -2.74. The Morgan fingerprint density at radius 3 is 2.46 bits per heavy atom. The fraction of sp³-hybridized carbons (Fsp3) is 0.560. The maximum absolute atomic E-state index is 13.5. The number of pyridine rings is 2. The van der Waals surface area contributed by atoms with Gasteiger partial charge in [-0.1, -0.05) is 0 Å². The summed E-state index contributed by atoms with van der Waals surface area (Å²) in [4.78, 5) is 27.3. The molecule has 0 unspecified atom stereocenters. The SMILES string of the molecule is Cc1cc(NC(=O)c2ccc(CS(C)(O)O)nc2N2CCC3(CC2)CC3)nc(N2CCOCC2)c1.[HH]. The van der Waals surface area contributed by atoms with Crippen molar-refractivity contribution in [2.75, 3.05) is 60.8 Å². The van der Waals surface area contributed by atoms with E-state index >= 15 is 0 Å². The number of piperidine rings is 1. The molecule has 3 aliphatic rings. The van der Waals surface area contributed by atoms with Crippen molar-refractivity contribution in [3.63, 3.8) is 0 Å². The second-order valence-corrected chi connectivity index (χ2v) is 12.5. The molecule has 0 bridgehead atoms. The summed E-state index contributed by atoms with van der Waals surface area (Å²) in [6.45, 7) is 6.56. The molecule has 2 saturated heterocycles. The van der Waals surface area contributed by atoms with Crippen LogP contribution in [0.15, 0.2) is 24.3 Å². The van der Waals surface area contributed by atoms with Gasteiger partial charge in [-0.2, -0.15) is 10.6 Å². The van der Waals surface area contributed by atoms with Gasteiger partial charge >= 0.3 is 0 Å². The normalized spacial score (nSPS) is 20.1. The highest BCUT2D eigenvalue weighted by Crippen LogP contribution is 2.54. The van der Waals surface area contributed by atoms with Gasteiger partial charge in [-0.15, -0.1) is 0 Å². The van der Waals surface area contributed by atoms with Crippen molar-refractivity contribution < 1.29 is 20.1 Å². The Labute approximate surface area is 209 Å². The van der Waals surface area contributed by atoms with Gasteiger partial charge in [0, 0.05) is 33.9 Å². The van der Waals surface area contributed by atoms with Gasteiger partial charge in [0.15, 0.2) is 0 Å². The van der Waals surface area contributed by atoms with Crippen molar-refractivity contribution in [1.82, 2.24) is 9.97 Å². The topological polar surface area (TPSA) is 111 Å². The first-order valence-electron chi connectivity index (χ1n) is 12.3. The molecule has 1 amide bonds. The Kier molecular flexibility index (Phi) is 6.65. The number of aromatic nitrogens is 2. The third kappa shape index (κ3) is 5.88. The molecule has 3 fully saturated rings. The Bertz CT molecular complexity index is 1090. The van der Waals surface area contributed by atoms with Gasteiger partial charge < -0.3 is 19.9 Å². The summed E-state index contributed by atoms with van der Waals surface area (Å²) >= 11 is 0. The van der Waals surface area contributed by atoms with Crippen molar-refractivity contribution in [2.45, 2.75) is 38.4 Å². The molecule has 2 aromatic rings. The molecule has 1 saturated carbocycles. The molecular formula is C25H37N5O4S. The van der Waals surface area contributed by atoms with Gasteiger partial charge in [0.05, 0.1) is 30.2 Å². The zero-order valence-electron chi connectivity index (χ0n) is 20.5. The fourth-order valence-corrected chi connectivity index (χ4v) is 5.71. The van der Waals surface area contributed by atoms with Crippen molar-refractivity contribution in [3.05, 3.63) is 41.1 Å². The molecule has 3 N–H and O–H groups in total. The highest BCUT2D eigenvalue weighted by atomic mass is 32.3. The first-order valence-corrected chi connectivity index (χ1v) is 14.4. The van der Waals surface area contributed by atoms with E-state index in [1.54, 1.807) is 12.1 Å². The van der Waals surface area contributed by atoms with Crippen LogP contribution in [0.4, 0.5) is 17.5 Å². The third-order valence-corrected chi connectivity index (χ3v) is 8.05. The molecule has 5 rings (SSSR count). The Morgan fingerprint density at radius 1 is 1.09 bits per heavy atom. The largest absolute Gasteiger partial charge is 0.378 e. The lowest BCUT2D eigenvalue weighted by Gasteiger charge is -2.34. The fourth-order valence-electron chi connectivity index (χ4n) is 4.99. The zero-order chi connectivity index (χ0) is 24.6. The van der Waals surface area contributed by atoms with E-state index in [9.17, 15) is 13.9 Å². The Balaban J connectivity index is 0.00000304. The van der Waals surface area contributed by atoms with Gasteiger partial charge in [-0.05, 0) is 67.9 Å². The second kappa shape index (κ2) is 9.57. The summed E-state index contributed by atoms with van der Waals surface area (Å²) in [5.41, 5.74) is 2.57. The highest BCUT2D eigenvalue weighted by Gasteiger charge is 2.45. The smallest absolute Gasteiger partial charge is 0.260 e. The molecule has 35 heavy (non-hydrogen) atoms. The highest BCUT2D eigenvalue weighted by molar-refractivity contribution is 8.23. The molecule has 0 radical (unpaired) electrons. The van der Waals surface area contributed by atoms with Crippen LogP contribution >= 0.6 is 10.6 Å². The first kappa shape index (κ1) is 24.3. The monoisotopic (exact) mass is 503 g/mol. The quantitative estimate of drug-likeness (QED) is 0.533. The first-order chi connectivity index (χ1) is 16.7. The number of nitrogens with zero attached hydrogens (tertiary/aromatic N) is 4. The lowest BCUT2D eigenvalue weighted by Crippen LogP contribution is -2.37. The molecular weight excluding hydrogens is 466 g/mol. The van der Waals surface area contributed by atoms with E-state index in [1.165, 1.54) is 19.1 Å². The van der Waals surface area contributed by atoms with Gasteiger partial charge in [0.1, 0.15) is 17.5 Å². The van der Waals surface area contributed by atoms with Crippen LogP contribution in [0.25, 0.3) is 0 Å². The third-order valence-electron chi connectivity index (χ3n) is 7.21. The number of hydrogen-bond acceptors (Lipinski definition) is 8. The molecule has 1 spiro atoms. The Hall–Kier alpha value is -2.40. The minimum absolute atomic E-state index is 0. The van der Waals surface area contributed by atoms with Crippen molar-refractivity contribution in [2.24, 2.45) is 5.41 Å². The number of carbonyl (C=O) groups is 1. The maximum atomic E-state index is 13.5. The Morgan fingerprint density at radius 2 is 1.80 bits per heavy atom. The summed E-state index contributed by atoms with van der Waals surface area (Å²) in [6, 6.07) is 7.35. The van der Waals surface area contributed by atoms with E-state index < -0.39 is 10.6 Å². The van der Waals surface area contributed by atoms with E-state index in [0.717, 1.165) is 50.4 Å². The molecule has 2 aliphatic heterocycles. The number of rotatable bonds is 6. The number of morpholine rings is 1. The molecule has 1 aliphatic carbocycles. The minimum atomic E-state index is -2.74. The lowest BCUT2D eigenvalue weighted by atomic mass is 9.93. The van der Waals surface area contributed by atoms with Gasteiger partial charge in [0.2, 0.25) is 0 Å². The van der Waals surface area contributed by atoms with Crippen LogP contribution in [0, 0.1) is 12.3 Å². The van der Waals surface area contributed by atoms with Gasteiger partial charge in [-0.25, -0.2) is 9.97 Å². The number of aryl methyl sites for hydroxylation is 1. The molecule has 10 heteroatoms. The number of carbonyl (C=O) groups excluding carboxylic acids is 1. The number of ether oxygens (including phenoxy) is 1. The number of amides is 1. The van der Waals surface area contributed by atoms with Crippen molar-refractivity contribution in [1.29, 1.82) is 0 Å². The minimum Gasteiger partial charge on any atom is -0.378 e. The zero-order valence-corrected chi connectivity index (χ0v) is 21.3. The average molecular weight is 504 g/mol. The molecule has 192 valence electrons. The second-order valence-electron chi connectivity index (χ2n) is 10.2. The van der Waals surface area contributed by atoms with Gasteiger partial charge in [0.25, 0.3) is 5.91 Å². The number of nitrogens with one attached hydrogen (secondary N) is 1. The van der Waals surface area contributed by atoms with Crippen LogP contribution in [0.5, 0.6) is 0 Å². The van der Waals surface area contributed by atoms with Crippen LogP contribution in [0.1, 0.15) is 48.7 Å². The molecule has 0 atom stereocenters. The summed E-state index contributed by atoms with van der Waals surface area (Å²) in [5, 5.41) is 2.99. The van der Waals surface area contributed by atoms with Gasteiger partial charge in [-0.3, -0.25) is 13.9 Å². The summed E-state index contributed by atoms with van der Waals surface area (Å²) in [6.07, 6.45) is 6.21. The standard InChI is InChI=1S/C25H35N5O4S.H2/c1-18-15-21(27-22(16-18)29-11-13-34-14-12-29)28-24(31)20-4-3-19(17-35(2,32)33)26-23(20)30-9-7-25(5-6-25)8-10-30;/h3-4,15-16,32-33H,5-14,17H2,1-2H3,(H,27,28,31);1H. The van der Waals surface area contributed by atoms with E-state index in [1.807, 2.05) is 19.1 Å². The number of hydrogen-bond donors (Lipinski definition) is 3. The molecule has 2 aromatic heterocycles. The predicted octanol–water partition coefficient (Wildman–Crippen LogP) is 4.38. The van der Waals surface area contributed by atoms with Crippen LogP contribution in [-0.2, 0) is 10.5 Å². The molecule has 4 heterocycles. The summed E-state index contributed by atoms with van der Waals surface area (Å²) in [5.74, 6) is 1.75. The number of anilines is 3. The predicted molar refractivity (Wildman–Crippen MR) is 142 cm³/mol. The molecule has 9 nitrogen and oxygen atoms in total. The van der Waals surface area contributed by atoms with Crippen LogP contribution < -0.4 is 15.1 Å². The summed E-state index contributed by atoms with van der Waals surface area (Å²) < 4.78 is 25.4. The van der Waals surface area contributed by atoms with Crippen LogP contribution in [-0.4, -0.2) is 70.6 Å². The van der Waals surface area contributed by atoms with Crippen LogP contribution in [0.2, 0.25) is 0 Å². The van der Waals surface area contributed by atoms with Crippen molar-refractivity contribution in [3.8, 4) is 0 Å². The average Bonchev–Trinajstić information content (AvgIpc) is 3.57. The van der Waals surface area contributed by atoms with E-state index in [2.05, 4.69) is 15.1 Å².